The van der Waals surface area contributed by atoms with Gasteiger partial charge in [0.25, 0.3) is 0 Å². The number of amides is 1. The normalized spacial score (nSPS) is 22.1. The second-order valence-corrected chi connectivity index (χ2v) is 7.64. The van der Waals surface area contributed by atoms with E-state index in [1.54, 1.807) is 0 Å². The van der Waals surface area contributed by atoms with E-state index in [2.05, 4.69) is 21.5 Å². The van der Waals surface area contributed by atoms with Crippen LogP contribution in [0.25, 0.3) is 6.08 Å². The molecule has 0 bridgehead atoms. The SMILES string of the molecule is O=C(N/N=C\C1=C(N2CCOCC2)C(=C/c2ccc(Cl)cc2)/CC1)C1CC1. The van der Waals surface area contributed by atoms with Crippen molar-refractivity contribution < 1.29 is 9.53 Å². The van der Waals surface area contributed by atoms with E-state index in [0.717, 1.165) is 62.6 Å². The third-order valence-electron chi connectivity index (χ3n) is 5.15. The van der Waals surface area contributed by atoms with Crippen molar-refractivity contribution in [3.05, 3.63) is 51.7 Å². The molecule has 0 unspecified atom stereocenters. The summed E-state index contributed by atoms with van der Waals surface area (Å²) < 4.78 is 5.52. The molecule has 0 atom stereocenters. The van der Waals surface area contributed by atoms with Crippen molar-refractivity contribution in [1.82, 2.24) is 10.3 Å². The third-order valence-corrected chi connectivity index (χ3v) is 5.41. The molecule has 0 spiro atoms. The highest BCUT2D eigenvalue weighted by atomic mass is 35.5. The third kappa shape index (κ3) is 4.60. The molecular formula is C21H24ClN3O2. The van der Waals surface area contributed by atoms with Gasteiger partial charge in [-0.05, 0) is 60.6 Å². The minimum absolute atomic E-state index is 0.0368. The molecule has 6 heteroatoms. The van der Waals surface area contributed by atoms with Crippen LogP contribution in [0.15, 0.2) is 46.2 Å². The number of carbonyl (C=O) groups excluding carboxylic acids is 1. The van der Waals surface area contributed by atoms with Crippen molar-refractivity contribution in [3.63, 3.8) is 0 Å². The summed E-state index contributed by atoms with van der Waals surface area (Å²) in [5.74, 6) is 0.202. The Labute approximate surface area is 164 Å². The molecule has 1 heterocycles. The predicted octanol–water partition coefficient (Wildman–Crippen LogP) is 3.62. The largest absolute Gasteiger partial charge is 0.378 e. The maximum absolute atomic E-state index is 11.8. The number of benzene rings is 1. The number of nitrogens with zero attached hydrogens (tertiary/aromatic N) is 2. The first kappa shape index (κ1) is 18.3. The van der Waals surface area contributed by atoms with Gasteiger partial charge in [0.05, 0.1) is 19.4 Å². The van der Waals surface area contributed by atoms with Crippen LogP contribution in [-0.4, -0.2) is 43.3 Å². The summed E-state index contributed by atoms with van der Waals surface area (Å²) in [6, 6.07) is 7.90. The lowest BCUT2D eigenvalue weighted by Crippen LogP contribution is -2.36. The number of hydrogen-bond donors (Lipinski definition) is 1. The maximum atomic E-state index is 11.8. The van der Waals surface area contributed by atoms with Crippen LogP contribution >= 0.6 is 11.6 Å². The Morgan fingerprint density at radius 3 is 2.63 bits per heavy atom. The lowest BCUT2D eigenvalue weighted by molar-refractivity contribution is -0.122. The van der Waals surface area contributed by atoms with Gasteiger partial charge < -0.3 is 9.64 Å². The smallest absolute Gasteiger partial charge is 0.243 e. The number of rotatable bonds is 5. The van der Waals surface area contributed by atoms with Crippen molar-refractivity contribution >= 4 is 29.8 Å². The van der Waals surface area contributed by atoms with Crippen molar-refractivity contribution in [2.45, 2.75) is 25.7 Å². The molecule has 1 saturated heterocycles. The van der Waals surface area contributed by atoms with Crippen LogP contribution in [0.1, 0.15) is 31.2 Å². The number of carbonyl (C=O) groups is 1. The molecule has 3 aliphatic rings. The number of allylic oxidation sites excluding steroid dienone is 2. The van der Waals surface area contributed by atoms with E-state index in [-0.39, 0.29) is 11.8 Å². The number of nitrogens with one attached hydrogen (secondary N) is 1. The van der Waals surface area contributed by atoms with Gasteiger partial charge in [-0.15, -0.1) is 0 Å². The van der Waals surface area contributed by atoms with E-state index in [1.807, 2.05) is 30.5 Å². The second-order valence-electron chi connectivity index (χ2n) is 7.20. The monoisotopic (exact) mass is 385 g/mol. The molecule has 4 rings (SSSR count). The number of hydrogen-bond acceptors (Lipinski definition) is 4. The highest BCUT2D eigenvalue weighted by Gasteiger charge is 2.29. The maximum Gasteiger partial charge on any atom is 0.243 e. The van der Waals surface area contributed by atoms with E-state index < -0.39 is 0 Å². The molecule has 1 amide bonds. The molecule has 142 valence electrons. The first-order valence-corrected chi connectivity index (χ1v) is 9.94. The zero-order valence-corrected chi connectivity index (χ0v) is 16.0. The Bertz CT molecular complexity index is 788. The number of morpholine rings is 1. The van der Waals surface area contributed by atoms with Gasteiger partial charge in [-0.3, -0.25) is 4.79 Å². The van der Waals surface area contributed by atoms with Crippen LogP contribution < -0.4 is 5.43 Å². The quantitative estimate of drug-likeness (QED) is 0.622. The van der Waals surface area contributed by atoms with Gasteiger partial charge >= 0.3 is 0 Å². The molecule has 27 heavy (non-hydrogen) atoms. The zero-order valence-electron chi connectivity index (χ0n) is 15.3. The summed E-state index contributed by atoms with van der Waals surface area (Å²) in [6.07, 6.45) is 7.91. The van der Waals surface area contributed by atoms with Crippen molar-refractivity contribution in [2.24, 2.45) is 11.0 Å². The second kappa shape index (κ2) is 8.28. The first-order valence-electron chi connectivity index (χ1n) is 9.56. The van der Waals surface area contributed by atoms with Crippen LogP contribution in [0.4, 0.5) is 0 Å². The van der Waals surface area contributed by atoms with Gasteiger partial charge in [0.15, 0.2) is 0 Å². The molecule has 2 fully saturated rings. The Morgan fingerprint density at radius 1 is 1.19 bits per heavy atom. The minimum Gasteiger partial charge on any atom is -0.378 e. The Balaban J connectivity index is 1.58. The zero-order chi connectivity index (χ0) is 18.6. The molecule has 0 aromatic heterocycles. The molecule has 5 nitrogen and oxygen atoms in total. The highest BCUT2D eigenvalue weighted by molar-refractivity contribution is 6.30. The fourth-order valence-corrected chi connectivity index (χ4v) is 3.67. The first-order chi connectivity index (χ1) is 13.2. The van der Waals surface area contributed by atoms with E-state index in [9.17, 15) is 4.79 Å². The van der Waals surface area contributed by atoms with E-state index in [4.69, 9.17) is 16.3 Å². The van der Waals surface area contributed by atoms with Gasteiger partial charge in [-0.2, -0.15) is 5.10 Å². The van der Waals surface area contributed by atoms with Crippen LogP contribution in [0.3, 0.4) is 0 Å². The van der Waals surface area contributed by atoms with Gasteiger partial charge in [0.1, 0.15) is 0 Å². The Morgan fingerprint density at radius 2 is 1.93 bits per heavy atom. The van der Waals surface area contributed by atoms with Crippen LogP contribution in [0.2, 0.25) is 5.02 Å². The lowest BCUT2D eigenvalue weighted by atomic mass is 10.1. The summed E-state index contributed by atoms with van der Waals surface area (Å²) in [5, 5.41) is 4.97. The van der Waals surface area contributed by atoms with E-state index in [0.29, 0.717) is 0 Å². The van der Waals surface area contributed by atoms with Crippen LogP contribution in [-0.2, 0) is 9.53 Å². The molecular weight excluding hydrogens is 362 g/mol. The number of halogens is 1. The van der Waals surface area contributed by atoms with Gasteiger partial charge in [0, 0.05) is 29.7 Å². The molecule has 1 aromatic carbocycles. The Hall–Kier alpha value is -2.11. The van der Waals surface area contributed by atoms with Crippen LogP contribution in [0.5, 0.6) is 0 Å². The van der Waals surface area contributed by atoms with Crippen molar-refractivity contribution in [2.75, 3.05) is 26.3 Å². The molecule has 1 N–H and O–H groups in total. The number of ether oxygens (including phenoxy) is 1. The summed E-state index contributed by atoms with van der Waals surface area (Å²) in [5.41, 5.74) is 7.53. The average molecular weight is 386 g/mol. The summed E-state index contributed by atoms with van der Waals surface area (Å²) in [6.45, 7) is 3.22. The highest BCUT2D eigenvalue weighted by Crippen LogP contribution is 2.35. The van der Waals surface area contributed by atoms with Gasteiger partial charge in [-0.25, -0.2) is 5.43 Å². The molecule has 0 radical (unpaired) electrons. The Kier molecular flexibility index (Phi) is 5.60. The molecule has 1 saturated carbocycles. The molecule has 2 aliphatic carbocycles. The van der Waals surface area contributed by atoms with Crippen molar-refractivity contribution in [1.29, 1.82) is 0 Å². The summed E-state index contributed by atoms with van der Waals surface area (Å²) >= 11 is 6.01. The molecule has 1 aromatic rings. The topological polar surface area (TPSA) is 53.9 Å². The number of hydrazone groups is 1. The van der Waals surface area contributed by atoms with Crippen molar-refractivity contribution in [3.8, 4) is 0 Å². The lowest BCUT2D eigenvalue weighted by Gasteiger charge is -2.31. The molecule has 1 aliphatic heterocycles. The fourth-order valence-electron chi connectivity index (χ4n) is 3.54. The predicted molar refractivity (Wildman–Crippen MR) is 107 cm³/mol. The minimum atomic E-state index is 0.0368. The summed E-state index contributed by atoms with van der Waals surface area (Å²) in [4.78, 5) is 14.2. The van der Waals surface area contributed by atoms with Gasteiger partial charge in [0.2, 0.25) is 5.91 Å². The fraction of sp³-hybridized carbons (Fsp3) is 0.429. The van der Waals surface area contributed by atoms with E-state index >= 15 is 0 Å². The average Bonchev–Trinajstić information content (AvgIpc) is 3.47. The van der Waals surface area contributed by atoms with Crippen LogP contribution in [0, 0.1) is 5.92 Å². The standard InChI is InChI=1S/C21H24ClN3O2/c22-19-7-1-15(2-8-19)13-17-5-6-18(14-23-24-21(26)16-3-4-16)20(17)25-9-11-27-12-10-25/h1-2,7-8,13-14,16H,3-6,9-12H2,(H,24,26)/b17-13+,23-14-. The summed E-state index contributed by atoms with van der Waals surface area (Å²) in [7, 11) is 0. The van der Waals surface area contributed by atoms with E-state index in [1.165, 1.54) is 16.8 Å². The van der Waals surface area contributed by atoms with Gasteiger partial charge in [-0.1, -0.05) is 23.7 Å².